The Labute approximate surface area is 111 Å². The van der Waals surface area contributed by atoms with Crippen LogP contribution in [-0.2, 0) is 4.74 Å². The summed E-state index contributed by atoms with van der Waals surface area (Å²) in [5.41, 5.74) is 6.39. The van der Waals surface area contributed by atoms with Crippen LogP contribution < -0.4 is 5.73 Å². The van der Waals surface area contributed by atoms with Gasteiger partial charge in [-0.3, -0.25) is 4.90 Å². The maximum Gasteiger partial charge on any atom is 0.0698 e. The Morgan fingerprint density at radius 1 is 1.22 bits per heavy atom. The first kappa shape index (κ1) is 14.3. The topological polar surface area (TPSA) is 41.7 Å². The molecule has 2 aliphatic heterocycles. The number of likely N-dealkylation sites (tertiary alicyclic amines) is 2. The van der Waals surface area contributed by atoms with Gasteiger partial charge in [0.2, 0.25) is 0 Å². The molecule has 0 aromatic carbocycles. The minimum atomic E-state index is 0.224. The number of rotatable bonds is 3. The molecule has 0 aromatic heterocycles. The normalized spacial score (nSPS) is 36.5. The van der Waals surface area contributed by atoms with Gasteiger partial charge in [-0.1, -0.05) is 0 Å². The average molecular weight is 255 g/mol. The molecule has 2 rings (SSSR count). The van der Waals surface area contributed by atoms with Gasteiger partial charge >= 0.3 is 0 Å². The minimum Gasteiger partial charge on any atom is -0.380 e. The zero-order valence-corrected chi connectivity index (χ0v) is 12.0. The Balaban J connectivity index is 2.05. The van der Waals surface area contributed by atoms with Crippen molar-refractivity contribution in [3.8, 4) is 0 Å². The monoisotopic (exact) mass is 255 g/mol. The van der Waals surface area contributed by atoms with Crippen LogP contribution in [0.5, 0.6) is 0 Å². The minimum absolute atomic E-state index is 0.224. The van der Waals surface area contributed by atoms with Gasteiger partial charge in [0, 0.05) is 25.7 Å². The van der Waals surface area contributed by atoms with Crippen molar-refractivity contribution in [3.63, 3.8) is 0 Å². The average Bonchev–Trinajstić information content (AvgIpc) is 2.61. The van der Waals surface area contributed by atoms with E-state index in [9.17, 15) is 0 Å². The summed E-state index contributed by atoms with van der Waals surface area (Å²) in [5, 5.41) is 0. The van der Waals surface area contributed by atoms with Crippen LogP contribution >= 0.6 is 0 Å². The highest BCUT2D eigenvalue weighted by atomic mass is 16.5. The first-order valence-electron chi connectivity index (χ1n) is 7.37. The molecule has 0 aromatic rings. The Bertz CT molecular complexity index is 261. The third-order valence-corrected chi connectivity index (χ3v) is 4.90. The third-order valence-electron chi connectivity index (χ3n) is 4.90. The summed E-state index contributed by atoms with van der Waals surface area (Å²) in [4.78, 5) is 5.07. The third kappa shape index (κ3) is 3.05. The van der Waals surface area contributed by atoms with Gasteiger partial charge in [-0.15, -0.1) is 0 Å². The lowest BCUT2D eigenvalue weighted by Crippen LogP contribution is -2.58. The predicted octanol–water partition coefficient (Wildman–Crippen LogP) is 0.910. The van der Waals surface area contributed by atoms with E-state index in [0.29, 0.717) is 6.10 Å². The fourth-order valence-electron chi connectivity index (χ4n) is 3.52. The molecule has 106 valence electrons. The van der Waals surface area contributed by atoms with E-state index >= 15 is 0 Å². The Morgan fingerprint density at radius 3 is 2.78 bits per heavy atom. The number of ether oxygens (including phenoxy) is 1. The van der Waals surface area contributed by atoms with E-state index in [1.807, 2.05) is 7.11 Å². The van der Waals surface area contributed by atoms with E-state index < -0.39 is 0 Å². The number of methoxy groups -OCH3 is 1. The molecule has 0 spiro atoms. The Morgan fingerprint density at radius 2 is 2.06 bits per heavy atom. The highest BCUT2D eigenvalue weighted by Crippen LogP contribution is 2.31. The van der Waals surface area contributed by atoms with E-state index in [1.54, 1.807) is 0 Å². The summed E-state index contributed by atoms with van der Waals surface area (Å²) in [7, 11) is 4.06. The quantitative estimate of drug-likeness (QED) is 0.814. The molecule has 18 heavy (non-hydrogen) atoms. The van der Waals surface area contributed by atoms with Gasteiger partial charge in [-0.05, 0) is 58.8 Å². The van der Waals surface area contributed by atoms with Crippen molar-refractivity contribution in [3.05, 3.63) is 0 Å². The molecule has 2 N–H and O–H groups in total. The SMILES string of the molecule is COC1CCCN(C2(CN)CCCN(C)CC2)C1. The molecular weight excluding hydrogens is 226 g/mol. The fourth-order valence-corrected chi connectivity index (χ4v) is 3.52. The highest BCUT2D eigenvalue weighted by molar-refractivity contribution is 4.96. The van der Waals surface area contributed by atoms with Crippen molar-refractivity contribution in [1.82, 2.24) is 9.80 Å². The standard InChI is InChI=1S/C14H29N3O/c1-16-8-4-6-14(12-15,7-10-16)17-9-3-5-13(11-17)18-2/h13H,3-12,15H2,1-2H3. The van der Waals surface area contributed by atoms with Crippen molar-refractivity contribution < 1.29 is 4.74 Å². The lowest BCUT2D eigenvalue weighted by atomic mass is 9.86. The predicted molar refractivity (Wildman–Crippen MR) is 74.7 cm³/mol. The number of hydrogen-bond donors (Lipinski definition) is 1. The molecule has 4 heteroatoms. The van der Waals surface area contributed by atoms with E-state index in [2.05, 4.69) is 16.8 Å². The molecule has 0 bridgehead atoms. The van der Waals surface area contributed by atoms with Crippen LogP contribution in [0.2, 0.25) is 0 Å². The van der Waals surface area contributed by atoms with Crippen LogP contribution in [0.25, 0.3) is 0 Å². The van der Waals surface area contributed by atoms with Crippen molar-refractivity contribution in [2.75, 3.05) is 46.9 Å². The van der Waals surface area contributed by atoms with Crippen LogP contribution in [0.3, 0.4) is 0 Å². The maximum atomic E-state index is 6.17. The summed E-state index contributed by atoms with van der Waals surface area (Å²) in [6.45, 7) is 5.43. The van der Waals surface area contributed by atoms with Crippen molar-refractivity contribution >= 4 is 0 Å². The van der Waals surface area contributed by atoms with Crippen molar-refractivity contribution in [1.29, 1.82) is 0 Å². The number of nitrogens with zero attached hydrogens (tertiary/aromatic N) is 2. The summed E-state index contributed by atoms with van der Waals surface area (Å²) in [6, 6.07) is 0. The molecule has 2 unspecified atom stereocenters. The molecule has 4 nitrogen and oxygen atoms in total. The van der Waals surface area contributed by atoms with Crippen LogP contribution in [0.15, 0.2) is 0 Å². The van der Waals surface area contributed by atoms with Gasteiger partial charge in [-0.25, -0.2) is 0 Å². The number of hydrogen-bond acceptors (Lipinski definition) is 4. The van der Waals surface area contributed by atoms with Crippen LogP contribution in [0.1, 0.15) is 32.1 Å². The second-order valence-electron chi connectivity index (χ2n) is 6.03. The molecule has 2 saturated heterocycles. The first-order chi connectivity index (χ1) is 8.70. The molecule has 2 aliphatic rings. The molecule has 0 saturated carbocycles. The van der Waals surface area contributed by atoms with E-state index in [4.69, 9.17) is 10.5 Å². The molecule has 0 amide bonds. The van der Waals surface area contributed by atoms with Crippen LogP contribution in [0, 0.1) is 0 Å². The van der Waals surface area contributed by atoms with Gasteiger partial charge in [0.05, 0.1) is 6.10 Å². The first-order valence-corrected chi connectivity index (χ1v) is 7.37. The van der Waals surface area contributed by atoms with Gasteiger partial charge in [0.15, 0.2) is 0 Å². The largest absolute Gasteiger partial charge is 0.380 e. The van der Waals surface area contributed by atoms with Crippen LogP contribution in [0.4, 0.5) is 0 Å². The maximum absolute atomic E-state index is 6.17. The zero-order valence-electron chi connectivity index (χ0n) is 12.0. The van der Waals surface area contributed by atoms with Gasteiger partial charge < -0.3 is 15.4 Å². The van der Waals surface area contributed by atoms with Gasteiger partial charge in [0.1, 0.15) is 0 Å². The fraction of sp³-hybridized carbons (Fsp3) is 1.00. The summed E-state index contributed by atoms with van der Waals surface area (Å²) in [5.74, 6) is 0. The molecule has 0 radical (unpaired) electrons. The summed E-state index contributed by atoms with van der Waals surface area (Å²) in [6.07, 6.45) is 6.56. The molecule has 2 atom stereocenters. The number of nitrogens with two attached hydrogens (primary N) is 1. The van der Waals surface area contributed by atoms with Crippen molar-refractivity contribution in [2.45, 2.75) is 43.7 Å². The smallest absolute Gasteiger partial charge is 0.0698 e. The van der Waals surface area contributed by atoms with Crippen LogP contribution in [-0.4, -0.2) is 68.3 Å². The lowest BCUT2D eigenvalue weighted by molar-refractivity contribution is -0.0222. The zero-order chi connectivity index (χ0) is 13.0. The number of piperidine rings is 1. The van der Waals surface area contributed by atoms with Gasteiger partial charge in [-0.2, -0.15) is 0 Å². The Kier molecular flexibility index (Phi) is 5.01. The summed E-state index contributed by atoms with van der Waals surface area (Å²) >= 11 is 0. The molecule has 2 heterocycles. The molecular formula is C14H29N3O. The second kappa shape index (κ2) is 6.33. The van der Waals surface area contributed by atoms with E-state index in [1.165, 1.54) is 51.7 Å². The Hall–Kier alpha value is -0.160. The lowest BCUT2D eigenvalue weighted by Gasteiger charge is -2.46. The highest BCUT2D eigenvalue weighted by Gasteiger charge is 2.38. The summed E-state index contributed by atoms with van der Waals surface area (Å²) < 4.78 is 5.56. The van der Waals surface area contributed by atoms with Gasteiger partial charge in [0.25, 0.3) is 0 Å². The molecule has 2 fully saturated rings. The van der Waals surface area contributed by atoms with E-state index in [0.717, 1.165) is 13.1 Å². The van der Waals surface area contributed by atoms with E-state index in [-0.39, 0.29) is 5.54 Å². The van der Waals surface area contributed by atoms with Crippen molar-refractivity contribution in [2.24, 2.45) is 5.73 Å². The second-order valence-corrected chi connectivity index (χ2v) is 6.03. The molecule has 0 aliphatic carbocycles.